The molecule has 2 aliphatic rings. The van der Waals surface area contributed by atoms with Gasteiger partial charge in [0.15, 0.2) is 0 Å². The van der Waals surface area contributed by atoms with Crippen LogP contribution in [-0.2, 0) is 11.2 Å². The van der Waals surface area contributed by atoms with E-state index in [0.717, 1.165) is 25.0 Å². The zero-order valence-corrected chi connectivity index (χ0v) is 10.0. The van der Waals surface area contributed by atoms with Crippen molar-refractivity contribution in [2.24, 2.45) is 0 Å². The normalized spacial score (nSPS) is 26.8. The standard InChI is InChI=1S/C14H17NO2/c1-17-10-4-2-9-3-6-13-11(12(9)8-10)5-7-14(16)15-13/h2,4,8,11,13H,3,5-7H2,1H3,(H,15,16)/t11-,13-/m1/s1. The monoisotopic (exact) mass is 231 g/mol. The maximum atomic E-state index is 11.4. The van der Waals surface area contributed by atoms with E-state index in [1.807, 2.05) is 6.07 Å². The van der Waals surface area contributed by atoms with Crippen molar-refractivity contribution in [2.45, 2.75) is 37.6 Å². The number of nitrogens with one attached hydrogen (secondary N) is 1. The van der Waals surface area contributed by atoms with Gasteiger partial charge in [-0.15, -0.1) is 0 Å². The molecular formula is C14H17NO2. The number of aryl methyl sites for hydroxylation is 1. The fraction of sp³-hybridized carbons (Fsp3) is 0.500. The van der Waals surface area contributed by atoms with Gasteiger partial charge in [-0.1, -0.05) is 6.07 Å². The number of carbonyl (C=O) groups excluding carboxylic acids is 1. The number of carbonyl (C=O) groups is 1. The first-order chi connectivity index (χ1) is 8.28. The predicted molar refractivity (Wildman–Crippen MR) is 65.2 cm³/mol. The van der Waals surface area contributed by atoms with Crippen molar-refractivity contribution in [3.05, 3.63) is 29.3 Å². The number of hydrogen-bond donors (Lipinski definition) is 1. The van der Waals surface area contributed by atoms with Crippen LogP contribution in [0.1, 0.15) is 36.3 Å². The summed E-state index contributed by atoms with van der Waals surface area (Å²) in [5, 5.41) is 3.12. The van der Waals surface area contributed by atoms with E-state index >= 15 is 0 Å². The third-order valence-electron chi connectivity index (χ3n) is 3.99. The number of piperidine rings is 1. The molecule has 1 heterocycles. The van der Waals surface area contributed by atoms with Crippen molar-refractivity contribution < 1.29 is 9.53 Å². The molecule has 3 heteroatoms. The second-order valence-corrected chi connectivity index (χ2v) is 4.92. The second-order valence-electron chi connectivity index (χ2n) is 4.92. The predicted octanol–water partition coefficient (Wildman–Crippen LogP) is 2.00. The second kappa shape index (κ2) is 4.06. The molecule has 1 saturated heterocycles. The molecule has 1 aliphatic heterocycles. The van der Waals surface area contributed by atoms with E-state index in [2.05, 4.69) is 17.4 Å². The van der Waals surface area contributed by atoms with Gasteiger partial charge in [-0.3, -0.25) is 4.79 Å². The van der Waals surface area contributed by atoms with Crippen LogP contribution in [0.25, 0.3) is 0 Å². The van der Waals surface area contributed by atoms with Gasteiger partial charge in [-0.2, -0.15) is 0 Å². The zero-order chi connectivity index (χ0) is 11.8. The molecule has 3 rings (SSSR count). The minimum atomic E-state index is 0.206. The van der Waals surface area contributed by atoms with Crippen LogP contribution in [0, 0.1) is 0 Å². The number of benzene rings is 1. The zero-order valence-electron chi connectivity index (χ0n) is 10.0. The van der Waals surface area contributed by atoms with E-state index in [-0.39, 0.29) is 5.91 Å². The number of fused-ring (bicyclic) bond motifs is 3. The fourth-order valence-electron chi connectivity index (χ4n) is 3.10. The van der Waals surface area contributed by atoms with Crippen LogP contribution in [0.2, 0.25) is 0 Å². The van der Waals surface area contributed by atoms with Gasteiger partial charge in [-0.05, 0) is 42.5 Å². The van der Waals surface area contributed by atoms with Crippen molar-refractivity contribution in [2.75, 3.05) is 7.11 Å². The number of amides is 1. The number of methoxy groups -OCH3 is 1. The largest absolute Gasteiger partial charge is 0.497 e. The first-order valence-corrected chi connectivity index (χ1v) is 6.24. The van der Waals surface area contributed by atoms with Crippen molar-refractivity contribution >= 4 is 5.91 Å². The Kier molecular flexibility index (Phi) is 2.54. The summed E-state index contributed by atoms with van der Waals surface area (Å²) < 4.78 is 5.29. The molecule has 0 spiro atoms. The van der Waals surface area contributed by atoms with Gasteiger partial charge >= 0.3 is 0 Å². The van der Waals surface area contributed by atoms with E-state index in [0.29, 0.717) is 18.4 Å². The Morgan fingerprint density at radius 3 is 3.00 bits per heavy atom. The highest BCUT2D eigenvalue weighted by Gasteiger charge is 2.34. The minimum Gasteiger partial charge on any atom is -0.497 e. The maximum absolute atomic E-state index is 11.4. The fourth-order valence-corrected chi connectivity index (χ4v) is 3.10. The van der Waals surface area contributed by atoms with E-state index < -0.39 is 0 Å². The lowest BCUT2D eigenvalue weighted by Crippen LogP contribution is -2.45. The van der Waals surface area contributed by atoms with Crippen molar-refractivity contribution in [1.82, 2.24) is 5.32 Å². The first kappa shape index (κ1) is 10.6. The lowest BCUT2D eigenvalue weighted by molar-refractivity contribution is -0.123. The Balaban J connectivity index is 1.97. The summed E-state index contributed by atoms with van der Waals surface area (Å²) in [4.78, 5) is 11.4. The summed E-state index contributed by atoms with van der Waals surface area (Å²) in [7, 11) is 1.70. The van der Waals surface area contributed by atoms with Gasteiger partial charge < -0.3 is 10.1 Å². The van der Waals surface area contributed by atoms with E-state index in [9.17, 15) is 4.79 Å². The number of rotatable bonds is 1. The molecule has 3 nitrogen and oxygen atoms in total. The number of ether oxygens (including phenoxy) is 1. The first-order valence-electron chi connectivity index (χ1n) is 6.24. The summed E-state index contributed by atoms with van der Waals surface area (Å²) in [5.74, 6) is 1.60. The van der Waals surface area contributed by atoms with Crippen LogP contribution in [0.5, 0.6) is 5.75 Å². The lowest BCUT2D eigenvalue weighted by Gasteiger charge is -2.37. The van der Waals surface area contributed by atoms with Gasteiger partial charge in [0, 0.05) is 18.4 Å². The van der Waals surface area contributed by atoms with Gasteiger partial charge in [0.2, 0.25) is 5.91 Å². The molecule has 1 fully saturated rings. The molecule has 1 amide bonds. The molecule has 90 valence electrons. The van der Waals surface area contributed by atoms with Gasteiger partial charge in [0.05, 0.1) is 7.11 Å². The highest BCUT2D eigenvalue weighted by Crippen LogP contribution is 2.38. The highest BCUT2D eigenvalue weighted by molar-refractivity contribution is 5.77. The van der Waals surface area contributed by atoms with Crippen LogP contribution in [0.4, 0.5) is 0 Å². The van der Waals surface area contributed by atoms with Crippen molar-refractivity contribution in [3.63, 3.8) is 0 Å². The average Bonchev–Trinajstić information content (AvgIpc) is 2.37. The Morgan fingerprint density at radius 2 is 2.18 bits per heavy atom. The molecule has 1 aliphatic carbocycles. The summed E-state index contributed by atoms with van der Waals surface area (Å²) in [5.41, 5.74) is 2.80. The van der Waals surface area contributed by atoms with Crippen LogP contribution in [0.15, 0.2) is 18.2 Å². The van der Waals surface area contributed by atoms with Crippen LogP contribution >= 0.6 is 0 Å². The summed E-state index contributed by atoms with van der Waals surface area (Å²) in [6.45, 7) is 0. The van der Waals surface area contributed by atoms with E-state index in [1.165, 1.54) is 11.1 Å². The summed E-state index contributed by atoms with van der Waals surface area (Å²) in [6.07, 6.45) is 3.74. The smallest absolute Gasteiger partial charge is 0.220 e. The topological polar surface area (TPSA) is 38.3 Å². The van der Waals surface area contributed by atoms with Crippen molar-refractivity contribution in [1.29, 1.82) is 0 Å². The molecule has 0 aromatic heterocycles. The number of hydrogen-bond acceptors (Lipinski definition) is 2. The SMILES string of the molecule is COc1ccc2c(c1)[C@H]1CCC(=O)N[C@@H]1CC2. The van der Waals surface area contributed by atoms with Crippen LogP contribution < -0.4 is 10.1 Å². The van der Waals surface area contributed by atoms with E-state index in [4.69, 9.17) is 4.74 Å². The minimum absolute atomic E-state index is 0.206. The average molecular weight is 231 g/mol. The highest BCUT2D eigenvalue weighted by atomic mass is 16.5. The van der Waals surface area contributed by atoms with E-state index in [1.54, 1.807) is 7.11 Å². The molecular weight excluding hydrogens is 214 g/mol. The van der Waals surface area contributed by atoms with Crippen molar-refractivity contribution in [3.8, 4) is 5.75 Å². The quantitative estimate of drug-likeness (QED) is 0.803. The maximum Gasteiger partial charge on any atom is 0.220 e. The van der Waals surface area contributed by atoms with Gasteiger partial charge in [-0.25, -0.2) is 0 Å². The van der Waals surface area contributed by atoms with Crippen LogP contribution in [-0.4, -0.2) is 19.1 Å². The lowest BCUT2D eigenvalue weighted by atomic mass is 9.75. The molecule has 0 radical (unpaired) electrons. The molecule has 2 atom stereocenters. The van der Waals surface area contributed by atoms with Gasteiger partial charge in [0.25, 0.3) is 0 Å². The molecule has 0 saturated carbocycles. The molecule has 1 aromatic carbocycles. The Hall–Kier alpha value is -1.51. The Labute approximate surface area is 101 Å². The van der Waals surface area contributed by atoms with Gasteiger partial charge in [0.1, 0.15) is 5.75 Å². The Bertz CT molecular complexity index is 456. The Morgan fingerprint density at radius 1 is 1.29 bits per heavy atom. The molecule has 0 unspecified atom stereocenters. The third-order valence-corrected chi connectivity index (χ3v) is 3.99. The molecule has 1 N–H and O–H groups in total. The molecule has 17 heavy (non-hydrogen) atoms. The summed E-state index contributed by atoms with van der Waals surface area (Å²) in [6, 6.07) is 6.67. The molecule has 0 bridgehead atoms. The third kappa shape index (κ3) is 1.79. The summed E-state index contributed by atoms with van der Waals surface area (Å²) >= 11 is 0. The van der Waals surface area contributed by atoms with Crippen LogP contribution in [0.3, 0.4) is 0 Å². The molecule has 1 aromatic rings.